The van der Waals surface area contributed by atoms with Gasteiger partial charge in [-0.1, -0.05) is 25.9 Å². The number of aromatic nitrogens is 2. The van der Waals surface area contributed by atoms with E-state index in [0.29, 0.717) is 25.1 Å². The predicted octanol–water partition coefficient (Wildman–Crippen LogP) is 1.10. The second-order valence-electron chi connectivity index (χ2n) is 5.43. The average Bonchev–Trinajstić information content (AvgIpc) is 2.85. The lowest BCUT2D eigenvalue weighted by Crippen LogP contribution is -2.44. The number of aliphatic imine (C=N–C) groups is 1. The van der Waals surface area contributed by atoms with Crippen molar-refractivity contribution in [1.82, 2.24) is 15.1 Å². The summed E-state index contributed by atoms with van der Waals surface area (Å²) in [6.07, 6.45) is 0. The van der Waals surface area contributed by atoms with Crippen LogP contribution in [0.1, 0.15) is 26.7 Å². The Morgan fingerprint density at radius 3 is 2.47 bits per heavy atom. The molecule has 0 atom stereocenters. The highest BCUT2D eigenvalue weighted by atomic mass is 16.5. The molecule has 1 aliphatic rings. The third-order valence-electron chi connectivity index (χ3n) is 2.81. The van der Waals surface area contributed by atoms with Gasteiger partial charge in [0.15, 0.2) is 0 Å². The zero-order chi connectivity index (χ0) is 13.9. The highest BCUT2D eigenvalue weighted by molar-refractivity contribution is 5.91. The first-order valence-electron chi connectivity index (χ1n) is 6.41. The Balaban J connectivity index is 2.04. The Hall–Kier alpha value is -1.63. The van der Waals surface area contributed by atoms with Crippen LogP contribution in [-0.2, 0) is 10.2 Å². The van der Waals surface area contributed by atoms with Gasteiger partial charge in [0, 0.05) is 25.6 Å². The number of anilines is 1. The summed E-state index contributed by atoms with van der Waals surface area (Å²) < 4.78 is 10.9. The minimum Gasteiger partial charge on any atom is -0.407 e. The van der Waals surface area contributed by atoms with Crippen LogP contribution in [0.2, 0.25) is 0 Å². The lowest BCUT2D eigenvalue weighted by molar-refractivity contribution is 0.0679. The van der Waals surface area contributed by atoms with Gasteiger partial charge in [-0.25, -0.2) is 0 Å². The Morgan fingerprint density at radius 1 is 1.26 bits per heavy atom. The minimum atomic E-state index is -0.157. The van der Waals surface area contributed by atoms with E-state index in [9.17, 15) is 0 Å². The summed E-state index contributed by atoms with van der Waals surface area (Å²) in [5, 5.41) is 11.1. The molecule has 106 valence electrons. The molecule has 1 aromatic heterocycles. The molecule has 2 rings (SSSR count). The lowest BCUT2D eigenvalue weighted by Gasteiger charge is -2.29. The Labute approximate surface area is 113 Å². The zero-order valence-corrected chi connectivity index (χ0v) is 11.9. The monoisotopic (exact) mass is 267 g/mol. The van der Waals surface area contributed by atoms with Crippen LogP contribution in [0, 0.1) is 0 Å². The summed E-state index contributed by atoms with van der Waals surface area (Å²) in [5.41, 5.74) is -0.157. The van der Waals surface area contributed by atoms with Crippen LogP contribution >= 0.6 is 0 Å². The summed E-state index contributed by atoms with van der Waals surface area (Å²) in [6.45, 7) is 9.11. The normalized spacial score (nSPS) is 17.7. The fourth-order valence-electron chi connectivity index (χ4n) is 1.72. The maximum Gasteiger partial charge on any atom is 0.322 e. The minimum absolute atomic E-state index is 0.157. The number of hydrogen-bond donors (Lipinski definition) is 1. The van der Waals surface area contributed by atoms with Crippen LogP contribution in [0.15, 0.2) is 9.41 Å². The highest BCUT2D eigenvalue weighted by Gasteiger charge is 2.23. The van der Waals surface area contributed by atoms with E-state index in [1.54, 1.807) is 7.05 Å². The predicted molar refractivity (Wildman–Crippen MR) is 72.4 cm³/mol. The molecule has 0 radical (unpaired) electrons. The Morgan fingerprint density at radius 2 is 1.95 bits per heavy atom. The van der Waals surface area contributed by atoms with E-state index < -0.39 is 0 Å². The van der Waals surface area contributed by atoms with E-state index in [1.165, 1.54) is 0 Å². The fourth-order valence-corrected chi connectivity index (χ4v) is 1.72. The second-order valence-corrected chi connectivity index (χ2v) is 5.43. The number of nitrogens with zero attached hydrogens (tertiary/aromatic N) is 4. The maximum absolute atomic E-state index is 5.60. The molecule has 1 N–H and O–H groups in total. The molecule has 1 fully saturated rings. The van der Waals surface area contributed by atoms with Crippen LogP contribution in [-0.4, -0.2) is 54.4 Å². The van der Waals surface area contributed by atoms with Crippen molar-refractivity contribution in [2.24, 2.45) is 4.99 Å². The van der Waals surface area contributed by atoms with Gasteiger partial charge in [-0.15, -0.1) is 5.10 Å². The number of nitrogens with one attached hydrogen (secondary N) is 1. The van der Waals surface area contributed by atoms with Gasteiger partial charge in [0.25, 0.3) is 0 Å². The van der Waals surface area contributed by atoms with Gasteiger partial charge in [-0.2, -0.15) is 0 Å². The second kappa shape index (κ2) is 5.56. The van der Waals surface area contributed by atoms with Crippen molar-refractivity contribution in [3.8, 4) is 0 Å². The lowest BCUT2D eigenvalue weighted by atomic mass is 9.97. The number of rotatable bonds is 1. The molecule has 0 saturated carbocycles. The smallest absolute Gasteiger partial charge is 0.322 e. The van der Waals surface area contributed by atoms with E-state index in [4.69, 9.17) is 9.15 Å². The molecular formula is C12H21N5O2. The molecule has 1 saturated heterocycles. The van der Waals surface area contributed by atoms with E-state index >= 15 is 0 Å². The molecule has 0 spiro atoms. The van der Waals surface area contributed by atoms with Crippen molar-refractivity contribution in [2.75, 3.05) is 38.7 Å². The van der Waals surface area contributed by atoms with Crippen molar-refractivity contribution in [3.63, 3.8) is 0 Å². The van der Waals surface area contributed by atoms with Crippen molar-refractivity contribution < 1.29 is 9.15 Å². The van der Waals surface area contributed by atoms with E-state index in [0.717, 1.165) is 19.0 Å². The molecule has 0 unspecified atom stereocenters. The standard InChI is InChI=1S/C12H21N5O2/c1-12(2,3)9-15-16-11(19-9)14-10(13-4)17-5-7-18-8-6-17/h5-8H2,1-4H3,(H,13,14,16). The van der Waals surface area contributed by atoms with Gasteiger partial charge in [0.2, 0.25) is 11.9 Å². The van der Waals surface area contributed by atoms with Crippen LogP contribution in [0.4, 0.5) is 6.01 Å². The molecule has 0 aromatic carbocycles. The van der Waals surface area contributed by atoms with Crippen LogP contribution in [0.3, 0.4) is 0 Å². The number of guanidine groups is 1. The number of ether oxygens (including phenoxy) is 1. The molecule has 1 aromatic rings. The van der Waals surface area contributed by atoms with Crippen molar-refractivity contribution >= 4 is 12.0 Å². The summed E-state index contributed by atoms with van der Waals surface area (Å²) in [5.74, 6) is 1.33. The summed E-state index contributed by atoms with van der Waals surface area (Å²) in [4.78, 5) is 6.33. The first-order chi connectivity index (χ1) is 9.00. The quantitative estimate of drug-likeness (QED) is 0.606. The number of hydrogen-bond acceptors (Lipinski definition) is 5. The zero-order valence-electron chi connectivity index (χ0n) is 11.9. The van der Waals surface area contributed by atoms with Crippen molar-refractivity contribution in [1.29, 1.82) is 0 Å². The van der Waals surface area contributed by atoms with Gasteiger partial charge < -0.3 is 14.1 Å². The van der Waals surface area contributed by atoms with E-state index in [-0.39, 0.29) is 5.41 Å². The Bertz CT molecular complexity index is 443. The highest BCUT2D eigenvalue weighted by Crippen LogP contribution is 2.22. The molecule has 2 heterocycles. The molecule has 0 bridgehead atoms. The number of morpholine rings is 1. The molecule has 7 heteroatoms. The van der Waals surface area contributed by atoms with Gasteiger partial charge in [-0.05, 0) is 0 Å². The van der Waals surface area contributed by atoms with E-state index in [1.807, 2.05) is 20.8 Å². The molecular weight excluding hydrogens is 246 g/mol. The van der Waals surface area contributed by atoms with Crippen molar-refractivity contribution in [3.05, 3.63) is 5.89 Å². The van der Waals surface area contributed by atoms with Crippen LogP contribution < -0.4 is 5.32 Å². The summed E-state index contributed by atoms with van der Waals surface area (Å²) >= 11 is 0. The largest absolute Gasteiger partial charge is 0.407 e. The summed E-state index contributed by atoms with van der Waals surface area (Å²) in [7, 11) is 1.73. The third-order valence-corrected chi connectivity index (χ3v) is 2.81. The SMILES string of the molecule is CN=C(Nc1nnc(C(C)(C)C)o1)N1CCOCC1. The average molecular weight is 267 g/mol. The topological polar surface area (TPSA) is 75.8 Å². The fraction of sp³-hybridized carbons (Fsp3) is 0.750. The molecule has 7 nitrogen and oxygen atoms in total. The van der Waals surface area contributed by atoms with Gasteiger partial charge in [0.05, 0.1) is 13.2 Å². The van der Waals surface area contributed by atoms with Gasteiger partial charge in [-0.3, -0.25) is 10.3 Å². The van der Waals surface area contributed by atoms with Gasteiger partial charge >= 0.3 is 6.01 Å². The van der Waals surface area contributed by atoms with E-state index in [2.05, 4.69) is 25.4 Å². The summed E-state index contributed by atoms with van der Waals surface area (Å²) in [6, 6.07) is 0.372. The van der Waals surface area contributed by atoms with Crippen molar-refractivity contribution in [2.45, 2.75) is 26.2 Å². The Kier molecular flexibility index (Phi) is 4.04. The molecule has 0 aliphatic carbocycles. The molecule has 19 heavy (non-hydrogen) atoms. The maximum atomic E-state index is 5.60. The first kappa shape index (κ1) is 13.8. The first-order valence-corrected chi connectivity index (χ1v) is 6.41. The molecule has 1 aliphatic heterocycles. The molecule has 0 amide bonds. The third kappa shape index (κ3) is 3.44. The van der Waals surface area contributed by atoms with Crippen LogP contribution in [0.5, 0.6) is 0 Å². The van der Waals surface area contributed by atoms with Crippen LogP contribution in [0.25, 0.3) is 0 Å². The van der Waals surface area contributed by atoms with Gasteiger partial charge in [0.1, 0.15) is 0 Å².